The lowest BCUT2D eigenvalue weighted by atomic mass is 10.1. The maximum absolute atomic E-state index is 11.4. The lowest BCUT2D eigenvalue weighted by Gasteiger charge is -2.19. The third kappa shape index (κ3) is 3.21. The van der Waals surface area contributed by atoms with Gasteiger partial charge in [0.15, 0.2) is 5.75 Å². The number of para-hydroxylation sites is 1. The molecule has 1 N–H and O–H groups in total. The fraction of sp³-hybridized carbons (Fsp3) is 0.600. The molecular formula is C15H22N2O3. The Kier molecular flexibility index (Phi) is 4.47. The first-order chi connectivity index (χ1) is 9.49. The lowest BCUT2D eigenvalue weighted by Crippen LogP contribution is -2.22. The van der Waals surface area contributed by atoms with Gasteiger partial charge in [0.05, 0.1) is 11.0 Å². The van der Waals surface area contributed by atoms with Crippen molar-refractivity contribution in [2.75, 3.05) is 5.32 Å². The Morgan fingerprint density at radius 2 is 2.15 bits per heavy atom. The van der Waals surface area contributed by atoms with Gasteiger partial charge in [-0.3, -0.25) is 10.1 Å². The van der Waals surface area contributed by atoms with Gasteiger partial charge < -0.3 is 10.1 Å². The number of ether oxygens (including phenoxy) is 1. The summed E-state index contributed by atoms with van der Waals surface area (Å²) in [6.45, 7) is 5.91. The summed E-state index contributed by atoms with van der Waals surface area (Å²) >= 11 is 0. The molecule has 0 aromatic heterocycles. The molecule has 0 bridgehead atoms. The third-order valence-electron chi connectivity index (χ3n) is 3.75. The van der Waals surface area contributed by atoms with E-state index in [1.165, 1.54) is 12.8 Å². The topological polar surface area (TPSA) is 64.4 Å². The van der Waals surface area contributed by atoms with Gasteiger partial charge in [-0.2, -0.15) is 0 Å². The van der Waals surface area contributed by atoms with Crippen molar-refractivity contribution in [1.29, 1.82) is 0 Å². The van der Waals surface area contributed by atoms with E-state index in [0.29, 0.717) is 23.4 Å². The van der Waals surface area contributed by atoms with E-state index in [0.717, 1.165) is 6.42 Å². The molecule has 2 unspecified atom stereocenters. The largest absolute Gasteiger partial charge is 0.484 e. The molecule has 1 aliphatic carbocycles. The number of nitrogens with one attached hydrogen (secondary N) is 1. The number of nitro benzene ring substituents is 1. The minimum atomic E-state index is -0.361. The van der Waals surface area contributed by atoms with Crippen molar-refractivity contribution < 1.29 is 9.66 Å². The molecular weight excluding hydrogens is 256 g/mol. The Balaban J connectivity index is 2.29. The Hall–Kier alpha value is -1.78. The van der Waals surface area contributed by atoms with Crippen LogP contribution in [0.5, 0.6) is 5.75 Å². The van der Waals surface area contributed by atoms with Gasteiger partial charge in [-0.15, -0.1) is 0 Å². The van der Waals surface area contributed by atoms with Crippen LogP contribution in [0.25, 0.3) is 0 Å². The van der Waals surface area contributed by atoms with Crippen LogP contribution in [0.1, 0.15) is 40.0 Å². The fourth-order valence-electron chi connectivity index (χ4n) is 2.74. The third-order valence-corrected chi connectivity index (χ3v) is 3.75. The van der Waals surface area contributed by atoms with E-state index in [2.05, 4.69) is 12.2 Å². The number of benzene rings is 1. The predicted molar refractivity (Wildman–Crippen MR) is 79.3 cm³/mol. The van der Waals surface area contributed by atoms with Gasteiger partial charge in [-0.1, -0.05) is 19.4 Å². The summed E-state index contributed by atoms with van der Waals surface area (Å²) in [5.74, 6) is 0.880. The first kappa shape index (κ1) is 14.6. The Morgan fingerprint density at radius 3 is 2.70 bits per heavy atom. The van der Waals surface area contributed by atoms with E-state index in [4.69, 9.17) is 4.74 Å². The van der Waals surface area contributed by atoms with E-state index in [1.807, 2.05) is 13.8 Å². The van der Waals surface area contributed by atoms with Crippen molar-refractivity contribution >= 4 is 11.4 Å². The molecule has 1 aromatic carbocycles. The summed E-state index contributed by atoms with van der Waals surface area (Å²) in [6, 6.07) is 5.52. The molecule has 2 atom stereocenters. The molecule has 0 saturated heterocycles. The highest BCUT2D eigenvalue weighted by Crippen LogP contribution is 2.38. The Bertz CT molecular complexity index is 488. The van der Waals surface area contributed by atoms with E-state index in [-0.39, 0.29) is 16.7 Å². The van der Waals surface area contributed by atoms with Crippen LogP contribution in [-0.2, 0) is 0 Å². The number of hydrogen-bond donors (Lipinski definition) is 1. The van der Waals surface area contributed by atoms with E-state index in [9.17, 15) is 10.1 Å². The fourth-order valence-corrected chi connectivity index (χ4v) is 2.74. The monoisotopic (exact) mass is 278 g/mol. The maximum atomic E-state index is 11.4. The molecule has 20 heavy (non-hydrogen) atoms. The molecule has 0 radical (unpaired) electrons. The highest BCUT2D eigenvalue weighted by Gasteiger charge is 2.28. The van der Waals surface area contributed by atoms with Gasteiger partial charge in [0.1, 0.15) is 5.69 Å². The molecule has 2 rings (SSSR count). The molecule has 0 aliphatic heterocycles. The summed E-state index contributed by atoms with van der Waals surface area (Å²) in [5.41, 5.74) is 0.604. The van der Waals surface area contributed by atoms with Gasteiger partial charge in [0.2, 0.25) is 0 Å². The lowest BCUT2D eigenvalue weighted by molar-refractivity contribution is -0.385. The highest BCUT2D eigenvalue weighted by atomic mass is 16.6. The van der Waals surface area contributed by atoms with Gasteiger partial charge in [0.25, 0.3) is 0 Å². The van der Waals surface area contributed by atoms with Gasteiger partial charge in [-0.05, 0) is 44.7 Å². The molecule has 1 aliphatic rings. The first-order valence-electron chi connectivity index (χ1n) is 7.19. The first-order valence-corrected chi connectivity index (χ1v) is 7.19. The molecule has 0 spiro atoms. The highest BCUT2D eigenvalue weighted by molar-refractivity contribution is 5.68. The predicted octanol–water partition coefficient (Wildman–Crippen LogP) is 3.98. The Labute approximate surface area is 119 Å². The second kappa shape index (κ2) is 6.11. The SMILES string of the molecule is CC(C)Oc1cccc(NC2CCCC2C)c1[N+](=O)[O-]. The van der Waals surface area contributed by atoms with Gasteiger partial charge in [0, 0.05) is 6.04 Å². The molecule has 0 heterocycles. The van der Waals surface area contributed by atoms with Crippen molar-refractivity contribution in [1.82, 2.24) is 0 Å². The van der Waals surface area contributed by atoms with Crippen LogP contribution < -0.4 is 10.1 Å². The molecule has 0 amide bonds. The van der Waals surface area contributed by atoms with Crippen molar-refractivity contribution in [2.45, 2.75) is 52.2 Å². The van der Waals surface area contributed by atoms with Crippen molar-refractivity contribution in [3.05, 3.63) is 28.3 Å². The van der Waals surface area contributed by atoms with Crippen LogP contribution >= 0.6 is 0 Å². The number of nitro groups is 1. The summed E-state index contributed by atoms with van der Waals surface area (Å²) < 4.78 is 5.56. The summed E-state index contributed by atoms with van der Waals surface area (Å²) in [4.78, 5) is 11.0. The van der Waals surface area contributed by atoms with Crippen LogP contribution in [0, 0.1) is 16.0 Å². The van der Waals surface area contributed by atoms with Crippen LogP contribution in [0.3, 0.4) is 0 Å². The molecule has 110 valence electrons. The van der Waals surface area contributed by atoms with Crippen molar-refractivity contribution in [2.24, 2.45) is 5.92 Å². The molecule has 5 nitrogen and oxygen atoms in total. The summed E-state index contributed by atoms with van der Waals surface area (Å²) in [5, 5.41) is 14.7. The smallest absolute Gasteiger partial charge is 0.333 e. The maximum Gasteiger partial charge on any atom is 0.333 e. The average Bonchev–Trinajstić information content (AvgIpc) is 2.74. The zero-order valence-electron chi connectivity index (χ0n) is 12.3. The summed E-state index contributed by atoms with van der Waals surface area (Å²) in [7, 11) is 0. The van der Waals surface area contributed by atoms with Gasteiger partial charge in [-0.25, -0.2) is 0 Å². The minimum Gasteiger partial charge on any atom is -0.484 e. The molecule has 1 fully saturated rings. The Morgan fingerprint density at radius 1 is 1.40 bits per heavy atom. The number of nitrogens with zero attached hydrogens (tertiary/aromatic N) is 1. The molecule has 5 heteroatoms. The van der Waals surface area contributed by atoms with E-state index < -0.39 is 0 Å². The van der Waals surface area contributed by atoms with Crippen LogP contribution in [0.15, 0.2) is 18.2 Å². The van der Waals surface area contributed by atoms with Crippen molar-refractivity contribution in [3.8, 4) is 5.75 Å². The standard InChI is InChI=1S/C15H22N2O3/c1-10(2)20-14-9-5-8-13(15(14)17(18)19)16-12-7-4-6-11(12)3/h5,8-12,16H,4,6-7H2,1-3H3. The number of hydrogen-bond acceptors (Lipinski definition) is 4. The normalized spacial score (nSPS) is 22.0. The zero-order valence-corrected chi connectivity index (χ0v) is 12.3. The van der Waals surface area contributed by atoms with Crippen LogP contribution in [-0.4, -0.2) is 17.1 Å². The zero-order chi connectivity index (χ0) is 14.7. The van der Waals surface area contributed by atoms with Crippen molar-refractivity contribution in [3.63, 3.8) is 0 Å². The quantitative estimate of drug-likeness (QED) is 0.653. The average molecular weight is 278 g/mol. The van der Waals surface area contributed by atoms with Gasteiger partial charge >= 0.3 is 5.69 Å². The molecule has 1 saturated carbocycles. The van der Waals surface area contributed by atoms with E-state index in [1.54, 1.807) is 18.2 Å². The minimum absolute atomic E-state index is 0.0419. The van der Waals surface area contributed by atoms with Crippen LogP contribution in [0.2, 0.25) is 0 Å². The second-order valence-electron chi connectivity index (χ2n) is 5.74. The number of anilines is 1. The number of rotatable bonds is 5. The second-order valence-corrected chi connectivity index (χ2v) is 5.74. The van der Waals surface area contributed by atoms with Crippen LogP contribution in [0.4, 0.5) is 11.4 Å². The van der Waals surface area contributed by atoms with E-state index >= 15 is 0 Å². The molecule has 1 aromatic rings. The summed E-state index contributed by atoms with van der Waals surface area (Å²) in [6.07, 6.45) is 3.32.